The Morgan fingerprint density at radius 3 is 2.88 bits per heavy atom. The van der Waals surface area contributed by atoms with Crippen molar-refractivity contribution in [3.8, 4) is 0 Å². The van der Waals surface area contributed by atoms with Crippen LogP contribution < -0.4 is 5.32 Å². The Hall–Kier alpha value is -0.750. The molecule has 2 aliphatic rings. The van der Waals surface area contributed by atoms with Crippen molar-refractivity contribution in [3.63, 3.8) is 0 Å². The summed E-state index contributed by atoms with van der Waals surface area (Å²) in [7, 11) is 0. The zero-order valence-corrected chi connectivity index (χ0v) is 8.96. The van der Waals surface area contributed by atoms with Gasteiger partial charge in [-0.3, -0.25) is 4.79 Å². The summed E-state index contributed by atoms with van der Waals surface area (Å²) in [4.78, 5) is 13.1. The molecule has 2 N–H and O–H groups in total. The van der Waals surface area contributed by atoms with Gasteiger partial charge in [0.1, 0.15) is 0 Å². The number of nitrogens with one attached hydrogen (secondary N) is 1. The van der Waals surface area contributed by atoms with Gasteiger partial charge in [0.25, 0.3) is 5.92 Å². The van der Waals surface area contributed by atoms with Crippen molar-refractivity contribution in [2.45, 2.75) is 24.8 Å². The summed E-state index contributed by atoms with van der Waals surface area (Å²) < 4.78 is 26.3. The van der Waals surface area contributed by atoms with Gasteiger partial charge in [0.2, 0.25) is 5.91 Å². The minimum absolute atomic E-state index is 0.206. The van der Waals surface area contributed by atoms with Crippen LogP contribution in [0.5, 0.6) is 0 Å². The number of nitrogens with zero attached hydrogens (tertiary/aromatic N) is 1. The Morgan fingerprint density at radius 2 is 2.31 bits per heavy atom. The maximum atomic E-state index is 13.2. The van der Waals surface area contributed by atoms with Crippen molar-refractivity contribution in [1.29, 1.82) is 0 Å². The van der Waals surface area contributed by atoms with Crippen LogP contribution in [0.3, 0.4) is 0 Å². The van der Waals surface area contributed by atoms with E-state index < -0.39 is 24.9 Å². The number of amides is 1. The number of likely N-dealkylation sites (tertiary alicyclic amines) is 1. The molecule has 2 rings (SSSR count). The van der Waals surface area contributed by atoms with Crippen molar-refractivity contribution < 1.29 is 18.7 Å². The second-order valence-corrected chi connectivity index (χ2v) is 4.55. The van der Waals surface area contributed by atoms with E-state index in [2.05, 4.69) is 5.32 Å². The standard InChI is InChI=1S/C10H16F2N2O2/c11-10(12)3-8(5-15)14(6-10)9(16)7-1-2-13-4-7/h7-8,13,15H,1-6H2/t7-,8+/m1/s1. The molecule has 0 unspecified atom stereocenters. The van der Waals surface area contributed by atoms with E-state index >= 15 is 0 Å². The number of hydrogen-bond donors (Lipinski definition) is 2. The molecule has 2 atom stereocenters. The molecule has 1 amide bonds. The van der Waals surface area contributed by atoms with Crippen molar-refractivity contribution in [1.82, 2.24) is 10.2 Å². The van der Waals surface area contributed by atoms with E-state index in [-0.39, 0.29) is 18.4 Å². The maximum Gasteiger partial charge on any atom is 0.267 e. The second-order valence-electron chi connectivity index (χ2n) is 4.55. The van der Waals surface area contributed by atoms with Gasteiger partial charge in [-0.15, -0.1) is 0 Å². The average molecular weight is 234 g/mol. The second kappa shape index (κ2) is 4.25. The van der Waals surface area contributed by atoms with Crippen LogP contribution in [0.15, 0.2) is 0 Å². The Kier molecular flexibility index (Phi) is 3.12. The highest BCUT2D eigenvalue weighted by atomic mass is 19.3. The third-order valence-corrected chi connectivity index (χ3v) is 3.28. The van der Waals surface area contributed by atoms with E-state index in [9.17, 15) is 13.6 Å². The monoisotopic (exact) mass is 234 g/mol. The molecule has 2 aliphatic heterocycles. The Labute approximate surface area is 92.6 Å². The molecule has 2 heterocycles. The fraction of sp³-hybridized carbons (Fsp3) is 0.900. The van der Waals surface area contributed by atoms with Gasteiger partial charge in [0.15, 0.2) is 0 Å². The van der Waals surface area contributed by atoms with Crippen LogP contribution in [0, 0.1) is 5.92 Å². The molecule has 0 aromatic rings. The number of hydrogen-bond acceptors (Lipinski definition) is 3. The fourth-order valence-corrected chi connectivity index (χ4v) is 2.42. The topological polar surface area (TPSA) is 52.6 Å². The Bertz CT molecular complexity index is 280. The van der Waals surface area contributed by atoms with Gasteiger partial charge in [-0.2, -0.15) is 0 Å². The number of halogens is 2. The maximum absolute atomic E-state index is 13.2. The molecule has 0 aromatic carbocycles. The summed E-state index contributed by atoms with van der Waals surface area (Å²) in [6, 6.07) is -0.719. The number of aliphatic hydroxyl groups is 1. The van der Waals surface area contributed by atoms with E-state index in [4.69, 9.17) is 5.11 Å². The minimum Gasteiger partial charge on any atom is -0.394 e. The number of carbonyl (C=O) groups is 1. The lowest BCUT2D eigenvalue weighted by molar-refractivity contribution is -0.137. The van der Waals surface area contributed by atoms with E-state index in [1.807, 2.05) is 0 Å². The predicted molar refractivity (Wildman–Crippen MR) is 53.1 cm³/mol. The first kappa shape index (κ1) is 11.7. The van der Waals surface area contributed by atoms with E-state index in [0.717, 1.165) is 11.4 Å². The van der Waals surface area contributed by atoms with Gasteiger partial charge in [0.05, 0.1) is 25.1 Å². The number of alkyl halides is 2. The highest BCUT2D eigenvalue weighted by Crippen LogP contribution is 2.33. The lowest BCUT2D eigenvalue weighted by atomic mass is 10.1. The Morgan fingerprint density at radius 1 is 1.56 bits per heavy atom. The molecule has 92 valence electrons. The van der Waals surface area contributed by atoms with Crippen molar-refractivity contribution >= 4 is 5.91 Å². The number of aliphatic hydroxyl groups excluding tert-OH is 1. The lowest BCUT2D eigenvalue weighted by Gasteiger charge is -2.25. The van der Waals surface area contributed by atoms with Gasteiger partial charge >= 0.3 is 0 Å². The molecule has 2 saturated heterocycles. The normalized spacial score (nSPS) is 33.3. The van der Waals surface area contributed by atoms with Crippen LogP contribution in [-0.2, 0) is 4.79 Å². The first-order chi connectivity index (χ1) is 7.53. The highest BCUT2D eigenvalue weighted by Gasteiger charge is 2.47. The van der Waals surface area contributed by atoms with Crippen molar-refractivity contribution in [2.24, 2.45) is 5.92 Å². The molecule has 16 heavy (non-hydrogen) atoms. The van der Waals surface area contributed by atoms with Gasteiger partial charge in [0, 0.05) is 13.0 Å². The summed E-state index contributed by atoms with van der Waals surface area (Å²) in [6.45, 7) is 0.374. The molecule has 0 spiro atoms. The smallest absolute Gasteiger partial charge is 0.267 e. The molecule has 0 saturated carbocycles. The number of rotatable bonds is 2. The summed E-state index contributed by atoms with van der Waals surface area (Å²) >= 11 is 0. The summed E-state index contributed by atoms with van der Waals surface area (Å²) in [6.07, 6.45) is 0.272. The third-order valence-electron chi connectivity index (χ3n) is 3.28. The van der Waals surface area contributed by atoms with Crippen LogP contribution >= 0.6 is 0 Å². The quantitative estimate of drug-likeness (QED) is 0.697. The predicted octanol–water partition coefficient (Wildman–Crippen LogP) is -0.176. The molecule has 0 radical (unpaired) electrons. The molecular formula is C10H16F2N2O2. The van der Waals surface area contributed by atoms with Gasteiger partial charge in [-0.05, 0) is 13.0 Å². The number of carbonyl (C=O) groups excluding carboxylic acids is 1. The van der Waals surface area contributed by atoms with Gasteiger partial charge in [-0.25, -0.2) is 8.78 Å². The van der Waals surface area contributed by atoms with Crippen molar-refractivity contribution in [2.75, 3.05) is 26.2 Å². The molecule has 2 fully saturated rings. The molecule has 4 nitrogen and oxygen atoms in total. The van der Waals surface area contributed by atoms with Crippen LogP contribution in [-0.4, -0.2) is 54.1 Å². The lowest BCUT2D eigenvalue weighted by Crippen LogP contribution is -2.42. The molecule has 6 heteroatoms. The summed E-state index contributed by atoms with van der Waals surface area (Å²) in [5.74, 6) is -3.31. The van der Waals surface area contributed by atoms with E-state index in [1.54, 1.807) is 0 Å². The molecule has 0 aromatic heterocycles. The largest absolute Gasteiger partial charge is 0.394 e. The summed E-state index contributed by atoms with van der Waals surface area (Å²) in [5, 5.41) is 12.1. The SMILES string of the molecule is O=C([C@@H]1CCNC1)N1CC(F)(F)C[C@H]1CO. The van der Waals surface area contributed by atoms with Gasteiger partial charge < -0.3 is 15.3 Å². The summed E-state index contributed by atoms with van der Waals surface area (Å²) in [5.41, 5.74) is 0. The first-order valence-corrected chi connectivity index (χ1v) is 5.53. The Balaban J connectivity index is 2.04. The fourth-order valence-electron chi connectivity index (χ4n) is 2.42. The average Bonchev–Trinajstić information content (AvgIpc) is 2.83. The van der Waals surface area contributed by atoms with Crippen LogP contribution in [0.2, 0.25) is 0 Å². The zero-order chi connectivity index (χ0) is 11.8. The first-order valence-electron chi connectivity index (χ1n) is 5.53. The minimum atomic E-state index is -2.85. The van der Waals surface area contributed by atoms with Crippen LogP contribution in [0.4, 0.5) is 8.78 Å². The molecule has 0 aliphatic carbocycles. The van der Waals surface area contributed by atoms with Gasteiger partial charge in [-0.1, -0.05) is 0 Å². The highest BCUT2D eigenvalue weighted by molar-refractivity contribution is 5.80. The molecular weight excluding hydrogens is 218 g/mol. The molecule has 0 bridgehead atoms. The third kappa shape index (κ3) is 2.17. The van der Waals surface area contributed by atoms with E-state index in [1.165, 1.54) is 0 Å². The van der Waals surface area contributed by atoms with Crippen LogP contribution in [0.25, 0.3) is 0 Å². The zero-order valence-electron chi connectivity index (χ0n) is 8.96. The van der Waals surface area contributed by atoms with E-state index in [0.29, 0.717) is 13.0 Å². The van der Waals surface area contributed by atoms with Crippen molar-refractivity contribution in [3.05, 3.63) is 0 Å². The van der Waals surface area contributed by atoms with Crippen LogP contribution in [0.1, 0.15) is 12.8 Å².